The molecule has 0 spiro atoms. The number of halogens is 1. The summed E-state index contributed by atoms with van der Waals surface area (Å²) in [4.78, 5) is 31.0. The number of rotatable bonds is 5. The van der Waals surface area contributed by atoms with Crippen molar-refractivity contribution in [3.8, 4) is 0 Å². The number of nitrogens with one attached hydrogen (secondary N) is 2. The van der Waals surface area contributed by atoms with E-state index >= 15 is 0 Å². The van der Waals surface area contributed by atoms with E-state index in [1.165, 1.54) is 16.2 Å². The highest BCUT2D eigenvalue weighted by Crippen LogP contribution is 2.28. The molecule has 1 aliphatic carbocycles. The molecular formula is C17H34IN5O2. The van der Waals surface area contributed by atoms with Crippen molar-refractivity contribution in [3.05, 3.63) is 0 Å². The van der Waals surface area contributed by atoms with Crippen molar-refractivity contribution in [1.29, 1.82) is 0 Å². The molecule has 2 atom stereocenters. The Labute approximate surface area is 169 Å². The molecule has 0 saturated heterocycles. The molecule has 0 bridgehead atoms. The van der Waals surface area contributed by atoms with Crippen LogP contribution < -0.4 is 10.6 Å². The van der Waals surface area contributed by atoms with Crippen molar-refractivity contribution in [3.63, 3.8) is 0 Å². The van der Waals surface area contributed by atoms with Crippen LogP contribution in [0, 0.1) is 11.8 Å². The minimum Gasteiger partial charge on any atom is -0.354 e. The third-order valence-corrected chi connectivity index (χ3v) is 4.30. The average molecular weight is 467 g/mol. The molecule has 7 nitrogen and oxygen atoms in total. The van der Waals surface area contributed by atoms with Crippen LogP contribution in [-0.4, -0.2) is 74.9 Å². The Morgan fingerprint density at radius 1 is 0.960 bits per heavy atom. The zero-order valence-electron chi connectivity index (χ0n) is 16.3. The second-order valence-corrected chi connectivity index (χ2v) is 7.35. The Morgan fingerprint density at radius 3 is 1.96 bits per heavy atom. The van der Waals surface area contributed by atoms with Gasteiger partial charge >= 0.3 is 0 Å². The van der Waals surface area contributed by atoms with Crippen molar-refractivity contribution in [2.24, 2.45) is 16.8 Å². The summed E-state index contributed by atoms with van der Waals surface area (Å²) in [5, 5.41) is 6.45. The number of carbonyl (C=O) groups is 2. The quantitative estimate of drug-likeness (QED) is 0.361. The first kappa shape index (κ1) is 23.9. The first-order chi connectivity index (χ1) is 11.2. The third-order valence-electron chi connectivity index (χ3n) is 4.30. The summed E-state index contributed by atoms with van der Waals surface area (Å²) in [5.41, 5.74) is 0. The van der Waals surface area contributed by atoms with E-state index < -0.39 is 0 Å². The first-order valence-corrected chi connectivity index (χ1v) is 8.64. The lowest BCUT2D eigenvalue weighted by Gasteiger charge is -2.33. The Morgan fingerprint density at radius 2 is 1.48 bits per heavy atom. The van der Waals surface area contributed by atoms with Crippen LogP contribution in [0.3, 0.4) is 0 Å². The van der Waals surface area contributed by atoms with Crippen LogP contribution in [0.15, 0.2) is 4.99 Å². The second kappa shape index (κ2) is 11.5. The van der Waals surface area contributed by atoms with Crippen LogP contribution in [0.25, 0.3) is 0 Å². The molecule has 1 saturated carbocycles. The zero-order valence-corrected chi connectivity index (χ0v) is 18.7. The Bertz CT molecular complexity index is 458. The van der Waals surface area contributed by atoms with Gasteiger partial charge in [-0.15, -0.1) is 24.0 Å². The van der Waals surface area contributed by atoms with Crippen LogP contribution >= 0.6 is 24.0 Å². The van der Waals surface area contributed by atoms with Gasteiger partial charge in [-0.2, -0.15) is 0 Å². The van der Waals surface area contributed by atoms with Gasteiger partial charge in [-0.1, -0.05) is 13.8 Å². The monoisotopic (exact) mass is 467 g/mol. The number of hydrogen-bond acceptors (Lipinski definition) is 3. The summed E-state index contributed by atoms with van der Waals surface area (Å²) < 4.78 is 0. The summed E-state index contributed by atoms with van der Waals surface area (Å²) in [6.07, 6.45) is 3.40. The smallest absolute Gasteiger partial charge is 0.243 e. The lowest BCUT2D eigenvalue weighted by Crippen LogP contribution is -2.49. The van der Waals surface area contributed by atoms with Crippen LogP contribution in [0.2, 0.25) is 0 Å². The highest BCUT2D eigenvalue weighted by molar-refractivity contribution is 14.0. The summed E-state index contributed by atoms with van der Waals surface area (Å²) in [6, 6.07) is 0.318. The van der Waals surface area contributed by atoms with Gasteiger partial charge in [0.2, 0.25) is 11.8 Å². The third kappa shape index (κ3) is 9.27. The van der Waals surface area contributed by atoms with Gasteiger partial charge in [0.1, 0.15) is 6.54 Å². The predicted molar refractivity (Wildman–Crippen MR) is 112 cm³/mol. The van der Waals surface area contributed by atoms with E-state index in [4.69, 9.17) is 0 Å². The van der Waals surface area contributed by atoms with Crippen LogP contribution in [0.1, 0.15) is 33.1 Å². The molecule has 0 aromatic heterocycles. The largest absolute Gasteiger partial charge is 0.354 e. The van der Waals surface area contributed by atoms with E-state index in [0.717, 1.165) is 12.8 Å². The van der Waals surface area contributed by atoms with Gasteiger partial charge in [0.05, 0.1) is 6.54 Å². The highest BCUT2D eigenvalue weighted by Gasteiger charge is 2.24. The molecule has 1 fully saturated rings. The van der Waals surface area contributed by atoms with Gasteiger partial charge in [-0.05, 0) is 31.1 Å². The zero-order chi connectivity index (χ0) is 18.3. The van der Waals surface area contributed by atoms with Crippen molar-refractivity contribution >= 4 is 41.8 Å². The second-order valence-electron chi connectivity index (χ2n) is 7.35. The van der Waals surface area contributed by atoms with E-state index in [9.17, 15) is 9.59 Å². The molecule has 1 rings (SSSR count). The molecule has 2 unspecified atom stereocenters. The molecule has 146 valence electrons. The summed E-state index contributed by atoms with van der Waals surface area (Å²) in [5.74, 6) is 1.76. The van der Waals surface area contributed by atoms with Gasteiger partial charge in [0, 0.05) is 34.2 Å². The molecule has 0 aromatic carbocycles. The minimum absolute atomic E-state index is 0. The molecule has 25 heavy (non-hydrogen) atoms. The number of hydrogen-bond donors (Lipinski definition) is 2. The molecule has 8 heteroatoms. The normalized spacial score (nSPS) is 23.3. The summed E-state index contributed by atoms with van der Waals surface area (Å²) >= 11 is 0. The maximum Gasteiger partial charge on any atom is 0.243 e. The lowest BCUT2D eigenvalue weighted by molar-refractivity contribution is -0.127. The first-order valence-electron chi connectivity index (χ1n) is 8.64. The number of amides is 2. The van der Waals surface area contributed by atoms with Crippen molar-refractivity contribution in [2.75, 3.05) is 41.3 Å². The van der Waals surface area contributed by atoms with E-state index in [2.05, 4.69) is 29.5 Å². The van der Waals surface area contributed by atoms with E-state index in [1.54, 1.807) is 28.2 Å². The Hall–Kier alpha value is -1.06. The number of aliphatic imine (C=N–C) groups is 1. The number of likely N-dealkylation sites (N-methyl/N-ethyl adjacent to an activating group) is 2. The van der Waals surface area contributed by atoms with E-state index in [0.29, 0.717) is 23.8 Å². The number of guanidine groups is 1. The maximum absolute atomic E-state index is 11.8. The van der Waals surface area contributed by atoms with Crippen molar-refractivity contribution < 1.29 is 9.59 Å². The molecule has 2 amide bonds. The molecule has 0 heterocycles. The van der Waals surface area contributed by atoms with Crippen LogP contribution in [0.4, 0.5) is 0 Å². The number of carbonyl (C=O) groups excluding carboxylic acids is 2. The minimum atomic E-state index is -0.0691. The molecule has 2 N–H and O–H groups in total. The van der Waals surface area contributed by atoms with Gasteiger partial charge in [0.15, 0.2) is 5.96 Å². The fourth-order valence-corrected chi connectivity index (χ4v) is 3.02. The highest BCUT2D eigenvalue weighted by atomic mass is 127. The van der Waals surface area contributed by atoms with Crippen LogP contribution in [0.5, 0.6) is 0 Å². The molecular weight excluding hydrogens is 433 g/mol. The number of nitrogens with zero attached hydrogens (tertiary/aromatic N) is 3. The SMILES string of the molecule is CC1CC(C)CC(NC(=NCC(=O)N(C)C)NCC(=O)N(C)C)C1.I. The van der Waals surface area contributed by atoms with Gasteiger partial charge in [0.25, 0.3) is 0 Å². The molecule has 1 aliphatic rings. The van der Waals surface area contributed by atoms with Crippen LogP contribution in [-0.2, 0) is 9.59 Å². The lowest BCUT2D eigenvalue weighted by atomic mass is 9.80. The summed E-state index contributed by atoms with van der Waals surface area (Å²) in [7, 11) is 6.85. The standard InChI is InChI=1S/C17H33N5O2.HI/c1-12-7-13(2)9-14(8-12)20-17(18-10-15(23)21(3)4)19-11-16(24)22(5)6;/h12-14H,7-11H2,1-6H3,(H2,18,19,20);1H. The van der Waals surface area contributed by atoms with E-state index in [-0.39, 0.29) is 48.9 Å². The average Bonchev–Trinajstić information content (AvgIpc) is 2.47. The van der Waals surface area contributed by atoms with Crippen molar-refractivity contribution in [1.82, 2.24) is 20.4 Å². The Balaban J connectivity index is 0.00000576. The fraction of sp³-hybridized carbons (Fsp3) is 0.824. The van der Waals surface area contributed by atoms with Crippen molar-refractivity contribution in [2.45, 2.75) is 39.2 Å². The molecule has 0 radical (unpaired) electrons. The Kier molecular flexibility index (Phi) is 11.0. The van der Waals surface area contributed by atoms with Gasteiger partial charge in [-0.3, -0.25) is 9.59 Å². The molecule has 0 aromatic rings. The van der Waals surface area contributed by atoms with Gasteiger partial charge in [-0.25, -0.2) is 4.99 Å². The molecule has 0 aliphatic heterocycles. The predicted octanol–water partition coefficient (Wildman–Crippen LogP) is 1.14. The fourth-order valence-electron chi connectivity index (χ4n) is 3.02. The van der Waals surface area contributed by atoms with Gasteiger partial charge < -0.3 is 20.4 Å². The van der Waals surface area contributed by atoms with E-state index in [1.807, 2.05) is 0 Å². The maximum atomic E-state index is 11.8. The summed E-state index contributed by atoms with van der Waals surface area (Å²) in [6.45, 7) is 4.75. The topological polar surface area (TPSA) is 77.0 Å².